The Bertz CT molecular complexity index is 525. The van der Waals surface area contributed by atoms with E-state index in [1.807, 2.05) is 36.4 Å². The molecule has 0 aliphatic heterocycles. The maximum absolute atomic E-state index is 11.3. The molecule has 0 aliphatic rings. The molecular weight excluding hydrogens is 294 g/mol. The van der Waals surface area contributed by atoms with Crippen LogP contribution in [0.25, 0.3) is 0 Å². The van der Waals surface area contributed by atoms with E-state index < -0.39 is 11.9 Å². The number of rotatable bonds is 4. The number of benzene rings is 1. The predicted octanol–water partition coefficient (Wildman–Crippen LogP) is 3.26. The number of aromatic nitrogens is 1. The second kappa shape index (κ2) is 5.78. The lowest BCUT2D eigenvalue weighted by Gasteiger charge is -2.11. The summed E-state index contributed by atoms with van der Waals surface area (Å²) in [5.74, 6) is -1.46. The minimum atomic E-state index is -0.853. The highest BCUT2D eigenvalue weighted by atomic mass is 79.9. The van der Waals surface area contributed by atoms with E-state index in [-0.39, 0.29) is 0 Å². The summed E-state index contributed by atoms with van der Waals surface area (Å²) in [6, 6.07) is 13.1. The normalized spacial score (nSPS) is 12.1. The SMILES string of the molecule is O=C(O)C(Cc1ccccc1)c1ccc(Br)cn1. The van der Waals surface area contributed by atoms with Gasteiger partial charge >= 0.3 is 5.97 Å². The molecule has 18 heavy (non-hydrogen) atoms. The Morgan fingerprint density at radius 2 is 1.94 bits per heavy atom. The summed E-state index contributed by atoms with van der Waals surface area (Å²) < 4.78 is 0.843. The first-order valence-electron chi connectivity index (χ1n) is 5.55. The molecule has 1 heterocycles. The second-order valence-electron chi connectivity index (χ2n) is 3.98. The molecule has 2 rings (SSSR count). The van der Waals surface area contributed by atoms with Crippen molar-refractivity contribution in [2.45, 2.75) is 12.3 Å². The Morgan fingerprint density at radius 1 is 1.22 bits per heavy atom. The minimum absolute atomic E-state index is 0.449. The highest BCUT2D eigenvalue weighted by Crippen LogP contribution is 2.21. The van der Waals surface area contributed by atoms with Crippen LogP contribution in [-0.2, 0) is 11.2 Å². The van der Waals surface area contributed by atoms with Gasteiger partial charge in [0.25, 0.3) is 0 Å². The third-order valence-corrected chi connectivity index (χ3v) is 3.16. The molecule has 92 valence electrons. The Balaban J connectivity index is 2.24. The van der Waals surface area contributed by atoms with Crippen LogP contribution in [0, 0.1) is 0 Å². The highest BCUT2D eigenvalue weighted by molar-refractivity contribution is 9.10. The van der Waals surface area contributed by atoms with Crippen LogP contribution in [0.4, 0.5) is 0 Å². The van der Waals surface area contributed by atoms with E-state index in [4.69, 9.17) is 0 Å². The number of aliphatic carboxylic acids is 1. The van der Waals surface area contributed by atoms with Crippen molar-refractivity contribution in [3.63, 3.8) is 0 Å². The maximum Gasteiger partial charge on any atom is 0.312 e. The van der Waals surface area contributed by atoms with Crippen molar-refractivity contribution in [2.75, 3.05) is 0 Å². The van der Waals surface area contributed by atoms with Gasteiger partial charge in [-0.15, -0.1) is 0 Å². The van der Waals surface area contributed by atoms with E-state index in [1.165, 1.54) is 0 Å². The van der Waals surface area contributed by atoms with Crippen LogP contribution in [0.1, 0.15) is 17.2 Å². The number of carboxylic acids is 1. The maximum atomic E-state index is 11.3. The van der Waals surface area contributed by atoms with Crippen molar-refractivity contribution in [1.29, 1.82) is 0 Å². The van der Waals surface area contributed by atoms with Crippen LogP contribution >= 0.6 is 15.9 Å². The van der Waals surface area contributed by atoms with E-state index in [1.54, 1.807) is 12.3 Å². The molecule has 0 saturated carbocycles. The van der Waals surface area contributed by atoms with Crippen LogP contribution < -0.4 is 0 Å². The lowest BCUT2D eigenvalue weighted by atomic mass is 9.96. The summed E-state index contributed by atoms with van der Waals surface area (Å²) in [5, 5.41) is 9.31. The third-order valence-electron chi connectivity index (χ3n) is 2.69. The van der Waals surface area contributed by atoms with Crippen LogP contribution in [-0.4, -0.2) is 16.1 Å². The fourth-order valence-electron chi connectivity index (χ4n) is 1.76. The van der Waals surface area contributed by atoms with Crippen LogP contribution in [0.2, 0.25) is 0 Å². The second-order valence-corrected chi connectivity index (χ2v) is 4.90. The van der Waals surface area contributed by atoms with Gasteiger partial charge in [0.1, 0.15) is 5.92 Å². The van der Waals surface area contributed by atoms with Crippen molar-refractivity contribution >= 4 is 21.9 Å². The molecule has 3 nitrogen and oxygen atoms in total. The van der Waals surface area contributed by atoms with E-state index in [9.17, 15) is 9.90 Å². The molecule has 0 aliphatic carbocycles. The molecule has 0 fully saturated rings. The molecule has 0 radical (unpaired) electrons. The lowest BCUT2D eigenvalue weighted by Crippen LogP contribution is -2.15. The van der Waals surface area contributed by atoms with E-state index in [0.29, 0.717) is 12.1 Å². The fraction of sp³-hybridized carbons (Fsp3) is 0.143. The molecule has 1 atom stereocenters. The number of hydrogen-bond donors (Lipinski definition) is 1. The average molecular weight is 306 g/mol. The molecule has 4 heteroatoms. The smallest absolute Gasteiger partial charge is 0.312 e. The quantitative estimate of drug-likeness (QED) is 0.943. The molecule has 1 unspecified atom stereocenters. The lowest BCUT2D eigenvalue weighted by molar-refractivity contribution is -0.138. The van der Waals surface area contributed by atoms with Gasteiger partial charge < -0.3 is 5.11 Å². The molecule has 0 spiro atoms. The number of hydrogen-bond acceptors (Lipinski definition) is 2. The Hall–Kier alpha value is -1.68. The largest absolute Gasteiger partial charge is 0.481 e. The van der Waals surface area contributed by atoms with Crippen molar-refractivity contribution in [3.05, 3.63) is 64.4 Å². The summed E-state index contributed by atoms with van der Waals surface area (Å²) in [7, 11) is 0. The Kier molecular flexibility index (Phi) is 4.10. The molecule has 0 amide bonds. The van der Waals surface area contributed by atoms with Gasteiger partial charge in [-0.1, -0.05) is 30.3 Å². The topological polar surface area (TPSA) is 50.2 Å². The first kappa shape index (κ1) is 12.8. The fourth-order valence-corrected chi connectivity index (χ4v) is 2.00. The molecule has 0 bridgehead atoms. The Morgan fingerprint density at radius 3 is 2.50 bits per heavy atom. The standard InChI is InChI=1S/C14H12BrNO2/c15-11-6-7-13(16-9-11)12(14(17)18)8-10-4-2-1-3-5-10/h1-7,9,12H,8H2,(H,17,18). The molecule has 1 aromatic carbocycles. The number of halogens is 1. The van der Waals surface area contributed by atoms with Crippen molar-refractivity contribution in [2.24, 2.45) is 0 Å². The first-order chi connectivity index (χ1) is 8.66. The third kappa shape index (κ3) is 3.17. The molecule has 1 aromatic heterocycles. The monoisotopic (exact) mass is 305 g/mol. The van der Waals surface area contributed by atoms with Crippen LogP contribution in [0.15, 0.2) is 53.1 Å². The van der Waals surface area contributed by atoms with Gasteiger partial charge in [-0.25, -0.2) is 0 Å². The van der Waals surface area contributed by atoms with Gasteiger partial charge in [-0.05, 0) is 40.0 Å². The summed E-state index contributed by atoms with van der Waals surface area (Å²) in [6.07, 6.45) is 2.07. The van der Waals surface area contributed by atoms with Crippen molar-refractivity contribution in [3.8, 4) is 0 Å². The van der Waals surface area contributed by atoms with Crippen molar-refractivity contribution < 1.29 is 9.90 Å². The number of carbonyl (C=O) groups is 1. The van der Waals surface area contributed by atoms with E-state index in [0.717, 1.165) is 10.0 Å². The molecular formula is C14H12BrNO2. The molecule has 0 saturated heterocycles. The van der Waals surface area contributed by atoms with Gasteiger partial charge in [0.2, 0.25) is 0 Å². The Labute approximate surface area is 114 Å². The van der Waals surface area contributed by atoms with Gasteiger partial charge in [0, 0.05) is 10.7 Å². The number of carboxylic acid groups (broad SMARTS) is 1. The average Bonchev–Trinajstić information content (AvgIpc) is 2.38. The summed E-state index contributed by atoms with van der Waals surface area (Å²) in [6.45, 7) is 0. The zero-order valence-corrected chi connectivity index (χ0v) is 11.2. The van der Waals surface area contributed by atoms with Gasteiger partial charge in [0.15, 0.2) is 0 Å². The first-order valence-corrected chi connectivity index (χ1v) is 6.34. The highest BCUT2D eigenvalue weighted by Gasteiger charge is 2.21. The van der Waals surface area contributed by atoms with Crippen LogP contribution in [0.3, 0.4) is 0 Å². The van der Waals surface area contributed by atoms with E-state index >= 15 is 0 Å². The number of nitrogens with zero attached hydrogens (tertiary/aromatic N) is 1. The molecule has 1 N–H and O–H groups in total. The zero-order valence-electron chi connectivity index (χ0n) is 9.58. The van der Waals surface area contributed by atoms with Crippen LogP contribution in [0.5, 0.6) is 0 Å². The predicted molar refractivity (Wildman–Crippen MR) is 72.5 cm³/mol. The summed E-state index contributed by atoms with van der Waals surface area (Å²) >= 11 is 3.29. The summed E-state index contributed by atoms with van der Waals surface area (Å²) in [4.78, 5) is 15.5. The molecule has 2 aromatic rings. The van der Waals surface area contributed by atoms with E-state index in [2.05, 4.69) is 20.9 Å². The van der Waals surface area contributed by atoms with Gasteiger partial charge in [-0.3, -0.25) is 9.78 Å². The number of pyridine rings is 1. The minimum Gasteiger partial charge on any atom is -0.481 e. The zero-order chi connectivity index (χ0) is 13.0. The van der Waals surface area contributed by atoms with Gasteiger partial charge in [0.05, 0.1) is 5.69 Å². The van der Waals surface area contributed by atoms with Gasteiger partial charge in [-0.2, -0.15) is 0 Å². The van der Waals surface area contributed by atoms with Crippen molar-refractivity contribution in [1.82, 2.24) is 4.98 Å². The summed E-state index contributed by atoms with van der Waals surface area (Å²) in [5.41, 5.74) is 1.57.